The normalized spacial score (nSPS) is 14.3. The molecule has 4 aromatic rings. The van der Waals surface area contributed by atoms with Crippen molar-refractivity contribution in [3.8, 4) is 17.2 Å². The minimum Gasteiger partial charge on any atom is -0.495 e. The minimum atomic E-state index is -0.587. The van der Waals surface area contributed by atoms with Crippen LogP contribution in [-0.2, 0) is 11.4 Å². The lowest BCUT2D eigenvalue weighted by atomic mass is 9.94. The number of para-hydroxylation sites is 2. The maximum atomic E-state index is 13.7. The molecule has 0 fully saturated rings. The monoisotopic (exact) mass is 565 g/mol. The highest BCUT2D eigenvalue weighted by Gasteiger charge is 2.34. The Hall–Kier alpha value is -4.21. The second-order valence-corrected chi connectivity index (χ2v) is 9.51. The van der Waals surface area contributed by atoms with E-state index in [4.69, 9.17) is 37.4 Å². The fourth-order valence-electron chi connectivity index (χ4n) is 4.39. The summed E-state index contributed by atoms with van der Waals surface area (Å²) < 4.78 is 18.8. The first-order valence-electron chi connectivity index (χ1n) is 12.0. The first-order valence-corrected chi connectivity index (χ1v) is 12.7. The van der Waals surface area contributed by atoms with E-state index in [1.54, 1.807) is 49.2 Å². The number of benzene rings is 3. The van der Waals surface area contributed by atoms with Crippen molar-refractivity contribution >= 4 is 40.7 Å². The highest BCUT2D eigenvalue weighted by molar-refractivity contribution is 6.42. The van der Waals surface area contributed by atoms with Crippen molar-refractivity contribution in [3.05, 3.63) is 99.4 Å². The van der Waals surface area contributed by atoms with Gasteiger partial charge in [-0.2, -0.15) is 10.1 Å². The largest absolute Gasteiger partial charge is 0.495 e. The number of methoxy groups -OCH3 is 2. The lowest BCUT2D eigenvalue weighted by Gasteiger charge is -2.29. The molecule has 1 aliphatic heterocycles. The number of hydrogen-bond acceptors (Lipinski definition) is 7. The molecule has 1 aromatic heterocycles. The Labute approximate surface area is 235 Å². The number of fused-ring (bicyclic) bond motifs is 1. The third kappa shape index (κ3) is 5.36. The van der Waals surface area contributed by atoms with Gasteiger partial charge in [-0.3, -0.25) is 4.79 Å². The second-order valence-electron chi connectivity index (χ2n) is 8.70. The number of anilines is 2. The zero-order valence-corrected chi connectivity index (χ0v) is 22.9. The molecule has 2 heterocycles. The zero-order chi connectivity index (χ0) is 27.5. The molecule has 0 radical (unpaired) electrons. The van der Waals surface area contributed by atoms with Crippen LogP contribution in [0.4, 0.5) is 11.6 Å². The molecule has 200 valence electrons. The Bertz CT molecular complexity index is 1570. The van der Waals surface area contributed by atoms with E-state index in [1.165, 1.54) is 6.33 Å². The average Bonchev–Trinajstić information content (AvgIpc) is 3.41. The number of amides is 1. The second kappa shape index (κ2) is 11.3. The Morgan fingerprint density at radius 2 is 1.79 bits per heavy atom. The van der Waals surface area contributed by atoms with Gasteiger partial charge in [-0.1, -0.05) is 47.5 Å². The van der Waals surface area contributed by atoms with Gasteiger partial charge in [0, 0.05) is 5.70 Å². The van der Waals surface area contributed by atoms with Crippen LogP contribution in [0, 0.1) is 0 Å². The van der Waals surface area contributed by atoms with Gasteiger partial charge in [-0.15, -0.1) is 0 Å². The molecule has 0 bridgehead atoms. The van der Waals surface area contributed by atoms with E-state index >= 15 is 0 Å². The van der Waals surface area contributed by atoms with E-state index in [-0.39, 0.29) is 12.5 Å². The minimum absolute atomic E-state index is 0.263. The number of nitrogens with one attached hydrogen (secondary N) is 2. The van der Waals surface area contributed by atoms with Crippen molar-refractivity contribution in [3.63, 3.8) is 0 Å². The maximum Gasteiger partial charge on any atom is 0.255 e. The SMILES string of the molecule is COc1ccccc1NC(=O)C1=C(C)Nc2ncnn2C1c1ccc(OCc2ccc(Cl)c(Cl)c2)c(OC)c1. The number of carbonyl (C=O) groups is 1. The van der Waals surface area contributed by atoms with Crippen LogP contribution in [-0.4, -0.2) is 34.9 Å². The number of carbonyl (C=O) groups excluding carboxylic acids is 1. The Morgan fingerprint density at radius 3 is 2.56 bits per heavy atom. The van der Waals surface area contributed by atoms with Gasteiger partial charge in [0.15, 0.2) is 11.5 Å². The molecule has 0 aliphatic carbocycles. The van der Waals surface area contributed by atoms with E-state index in [0.29, 0.717) is 50.2 Å². The number of allylic oxidation sites excluding steroid dienone is 1. The standard InChI is InChI=1S/C28H25Cl2N5O4/c1-16-25(27(36)34-21-6-4-5-7-22(21)37-2)26(35-28(33-16)31-15-32-35)18-9-11-23(24(13-18)38-3)39-14-17-8-10-19(29)20(30)12-17/h4-13,15,26H,14H2,1-3H3,(H,34,36)(H,31,32,33). The molecule has 11 heteroatoms. The molecule has 39 heavy (non-hydrogen) atoms. The summed E-state index contributed by atoms with van der Waals surface area (Å²) in [5.74, 6) is 1.78. The van der Waals surface area contributed by atoms with E-state index in [9.17, 15) is 4.79 Å². The Kier molecular flexibility index (Phi) is 7.63. The van der Waals surface area contributed by atoms with E-state index in [0.717, 1.165) is 11.1 Å². The number of hydrogen-bond donors (Lipinski definition) is 2. The fraction of sp³-hybridized carbons (Fsp3) is 0.179. The molecular formula is C28H25Cl2N5O4. The highest BCUT2D eigenvalue weighted by Crippen LogP contribution is 2.39. The summed E-state index contributed by atoms with van der Waals surface area (Å²) >= 11 is 12.2. The molecule has 9 nitrogen and oxygen atoms in total. The zero-order valence-electron chi connectivity index (χ0n) is 21.4. The number of rotatable bonds is 8. The van der Waals surface area contributed by atoms with E-state index in [1.807, 2.05) is 37.3 Å². The first-order chi connectivity index (χ1) is 18.9. The lowest BCUT2D eigenvalue weighted by Crippen LogP contribution is -2.31. The summed E-state index contributed by atoms with van der Waals surface area (Å²) in [6.45, 7) is 2.09. The van der Waals surface area contributed by atoms with Gasteiger partial charge in [0.05, 0.1) is 35.5 Å². The number of nitrogens with zero attached hydrogens (tertiary/aromatic N) is 3. The first kappa shape index (κ1) is 26.4. The summed E-state index contributed by atoms with van der Waals surface area (Å²) in [5.41, 5.74) is 3.27. The topological polar surface area (TPSA) is 99.5 Å². The van der Waals surface area contributed by atoms with Gasteiger partial charge in [0.25, 0.3) is 5.91 Å². The molecule has 1 atom stereocenters. The van der Waals surface area contributed by atoms with Gasteiger partial charge < -0.3 is 24.8 Å². The Morgan fingerprint density at radius 1 is 1.00 bits per heavy atom. The molecule has 0 saturated carbocycles. The lowest BCUT2D eigenvalue weighted by molar-refractivity contribution is -0.113. The van der Waals surface area contributed by atoms with Gasteiger partial charge in [-0.05, 0) is 54.4 Å². The summed E-state index contributed by atoms with van der Waals surface area (Å²) in [5, 5.41) is 11.5. The Balaban J connectivity index is 1.47. The summed E-state index contributed by atoms with van der Waals surface area (Å²) in [6.07, 6.45) is 1.44. The predicted octanol–water partition coefficient (Wildman–Crippen LogP) is 6.11. The van der Waals surface area contributed by atoms with Crippen molar-refractivity contribution in [2.75, 3.05) is 24.9 Å². The van der Waals surface area contributed by atoms with Crippen molar-refractivity contribution in [1.82, 2.24) is 14.8 Å². The maximum absolute atomic E-state index is 13.7. The van der Waals surface area contributed by atoms with Crippen LogP contribution in [0.2, 0.25) is 10.0 Å². The predicted molar refractivity (Wildman–Crippen MR) is 150 cm³/mol. The van der Waals surface area contributed by atoms with Crippen LogP contribution in [0.1, 0.15) is 24.1 Å². The molecule has 5 rings (SSSR count). The molecule has 0 spiro atoms. The van der Waals surface area contributed by atoms with Gasteiger partial charge in [0.1, 0.15) is 24.7 Å². The number of halogens is 2. The number of aromatic nitrogens is 3. The van der Waals surface area contributed by atoms with Crippen molar-refractivity contribution in [2.24, 2.45) is 0 Å². The quantitative estimate of drug-likeness (QED) is 0.266. The third-order valence-electron chi connectivity index (χ3n) is 6.28. The molecule has 3 aromatic carbocycles. The van der Waals surface area contributed by atoms with Crippen LogP contribution in [0.25, 0.3) is 0 Å². The van der Waals surface area contributed by atoms with Gasteiger partial charge >= 0.3 is 0 Å². The van der Waals surface area contributed by atoms with Crippen LogP contribution >= 0.6 is 23.2 Å². The summed E-state index contributed by atoms with van der Waals surface area (Å²) in [7, 11) is 3.12. The molecule has 1 aliphatic rings. The molecule has 2 N–H and O–H groups in total. The fourth-order valence-corrected chi connectivity index (χ4v) is 4.72. The van der Waals surface area contributed by atoms with Gasteiger partial charge in [0.2, 0.25) is 5.95 Å². The molecule has 1 amide bonds. The highest BCUT2D eigenvalue weighted by atomic mass is 35.5. The summed E-state index contributed by atoms with van der Waals surface area (Å²) in [6, 6.07) is 17.5. The van der Waals surface area contributed by atoms with E-state index in [2.05, 4.69) is 20.7 Å². The average molecular weight is 566 g/mol. The van der Waals surface area contributed by atoms with Crippen LogP contribution in [0.15, 0.2) is 78.3 Å². The van der Waals surface area contributed by atoms with Crippen molar-refractivity contribution in [2.45, 2.75) is 19.6 Å². The third-order valence-corrected chi connectivity index (χ3v) is 7.01. The summed E-state index contributed by atoms with van der Waals surface area (Å²) in [4.78, 5) is 18.0. The smallest absolute Gasteiger partial charge is 0.255 e. The van der Waals surface area contributed by atoms with Crippen LogP contribution in [0.5, 0.6) is 17.2 Å². The van der Waals surface area contributed by atoms with Crippen LogP contribution < -0.4 is 24.8 Å². The van der Waals surface area contributed by atoms with Crippen LogP contribution in [0.3, 0.4) is 0 Å². The van der Waals surface area contributed by atoms with Crippen molar-refractivity contribution < 1.29 is 19.0 Å². The van der Waals surface area contributed by atoms with Gasteiger partial charge in [-0.25, -0.2) is 4.68 Å². The van der Waals surface area contributed by atoms with Crippen molar-refractivity contribution in [1.29, 1.82) is 0 Å². The van der Waals surface area contributed by atoms with E-state index < -0.39 is 6.04 Å². The molecule has 1 unspecified atom stereocenters. The number of ether oxygens (including phenoxy) is 3. The molecule has 0 saturated heterocycles. The molecular weight excluding hydrogens is 541 g/mol.